The molecule has 2 aromatic heterocycles. The van der Waals surface area contributed by atoms with Crippen LogP contribution in [0.3, 0.4) is 0 Å². The number of hydrogen-bond acceptors (Lipinski definition) is 4. The Morgan fingerprint density at radius 3 is 2.81 bits per heavy atom. The van der Waals surface area contributed by atoms with E-state index in [-0.39, 0.29) is 5.54 Å². The van der Waals surface area contributed by atoms with Crippen molar-refractivity contribution in [3.63, 3.8) is 0 Å². The minimum Gasteiger partial charge on any atom is -0.472 e. The van der Waals surface area contributed by atoms with Gasteiger partial charge >= 0.3 is 0 Å². The number of aromatic nitrogens is 1. The average Bonchev–Trinajstić information content (AvgIpc) is 2.84. The van der Waals surface area contributed by atoms with Crippen molar-refractivity contribution in [3.05, 3.63) is 30.4 Å². The van der Waals surface area contributed by atoms with Gasteiger partial charge in [0.05, 0.1) is 17.5 Å². The second-order valence-electron chi connectivity index (χ2n) is 4.80. The highest BCUT2D eigenvalue weighted by Gasteiger charge is 2.12. The Morgan fingerprint density at radius 2 is 2.19 bits per heavy atom. The second-order valence-corrected chi connectivity index (χ2v) is 4.80. The molecule has 0 saturated carbocycles. The number of rotatable bonds is 3. The fourth-order valence-electron chi connectivity index (χ4n) is 1.29. The lowest BCUT2D eigenvalue weighted by Crippen LogP contribution is -2.35. The lowest BCUT2D eigenvalue weighted by atomic mass is 10.1. The van der Waals surface area contributed by atoms with Gasteiger partial charge in [-0.05, 0) is 26.8 Å². The number of nitrogens with one attached hydrogen (secondary N) is 1. The molecule has 0 aliphatic carbocycles. The summed E-state index contributed by atoms with van der Waals surface area (Å²) in [6.07, 6.45) is 3.26. The van der Waals surface area contributed by atoms with E-state index < -0.39 is 0 Å². The van der Waals surface area contributed by atoms with Crippen molar-refractivity contribution in [1.29, 1.82) is 0 Å². The van der Waals surface area contributed by atoms with Crippen LogP contribution in [0.2, 0.25) is 0 Å². The maximum absolute atomic E-state index is 5.22. The zero-order valence-corrected chi connectivity index (χ0v) is 9.78. The summed E-state index contributed by atoms with van der Waals surface area (Å²) < 4.78 is 10.2. The first-order valence-electron chi connectivity index (χ1n) is 5.28. The van der Waals surface area contributed by atoms with Crippen molar-refractivity contribution in [1.82, 2.24) is 10.5 Å². The lowest BCUT2D eigenvalue weighted by Gasteiger charge is -2.19. The molecule has 86 valence electrons. The van der Waals surface area contributed by atoms with Crippen molar-refractivity contribution >= 4 is 0 Å². The van der Waals surface area contributed by atoms with Crippen LogP contribution in [0, 0.1) is 0 Å². The van der Waals surface area contributed by atoms with Gasteiger partial charge in [0.15, 0.2) is 5.76 Å². The number of hydrogen-bond donors (Lipinski definition) is 1. The van der Waals surface area contributed by atoms with Crippen molar-refractivity contribution in [2.75, 3.05) is 0 Å². The molecular weight excluding hydrogens is 204 g/mol. The average molecular weight is 220 g/mol. The van der Waals surface area contributed by atoms with E-state index in [0.29, 0.717) is 6.54 Å². The molecule has 4 nitrogen and oxygen atoms in total. The summed E-state index contributed by atoms with van der Waals surface area (Å²) in [5.74, 6) is 0.736. The quantitative estimate of drug-likeness (QED) is 0.864. The van der Waals surface area contributed by atoms with E-state index in [1.807, 2.05) is 12.1 Å². The second kappa shape index (κ2) is 4.14. The molecule has 4 heteroatoms. The van der Waals surface area contributed by atoms with Crippen LogP contribution in [0.4, 0.5) is 0 Å². The zero-order chi connectivity index (χ0) is 11.6. The zero-order valence-electron chi connectivity index (χ0n) is 9.78. The third kappa shape index (κ3) is 2.73. The first kappa shape index (κ1) is 11.0. The molecule has 0 bridgehead atoms. The van der Waals surface area contributed by atoms with Gasteiger partial charge in [-0.2, -0.15) is 0 Å². The molecule has 2 aromatic rings. The topological polar surface area (TPSA) is 51.2 Å². The molecule has 0 radical (unpaired) electrons. The molecule has 16 heavy (non-hydrogen) atoms. The summed E-state index contributed by atoms with van der Waals surface area (Å²) in [5.41, 5.74) is 1.88. The molecule has 0 aliphatic heterocycles. The maximum Gasteiger partial charge on any atom is 0.170 e. The summed E-state index contributed by atoms with van der Waals surface area (Å²) in [5, 5.41) is 7.35. The molecule has 0 spiro atoms. The third-order valence-electron chi connectivity index (χ3n) is 2.16. The van der Waals surface area contributed by atoms with E-state index in [2.05, 4.69) is 31.2 Å². The van der Waals surface area contributed by atoms with E-state index in [9.17, 15) is 0 Å². The molecule has 0 atom stereocenters. The third-order valence-corrected chi connectivity index (χ3v) is 2.16. The monoisotopic (exact) mass is 220 g/mol. The van der Waals surface area contributed by atoms with Crippen molar-refractivity contribution in [2.45, 2.75) is 32.9 Å². The lowest BCUT2D eigenvalue weighted by molar-refractivity contribution is 0.392. The largest absolute Gasteiger partial charge is 0.472 e. The van der Waals surface area contributed by atoms with Gasteiger partial charge in [-0.1, -0.05) is 5.16 Å². The predicted molar refractivity (Wildman–Crippen MR) is 60.8 cm³/mol. The Hall–Kier alpha value is -1.55. The van der Waals surface area contributed by atoms with Crippen LogP contribution < -0.4 is 5.32 Å². The maximum atomic E-state index is 5.22. The van der Waals surface area contributed by atoms with Crippen LogP contribution in [0.15, 0.2) is 33.6 Å². The predicted octanol–water partition coefficient (Wildman–Crippen LogP) is 2.82. The van der Waals surface area contributed by atoms with Crippen LogP contribution >= 0.6 is 0 Å². The van der Waals surface area contributed by atoms with Gasteiger partial charge in [0.25, 0.3) is 0 Å². The molecule has 0 saturated heterocycles. The van der Waals surface area contributed by atoms with Crippen molar-refractivity contribution in [2.24, 2.45) is 0 Å². The normalized spacial score (nSPS) is 11.9. The summed E-state index contributed by atoms with van der Waals surface area (Å²) in [4.78, 5) is 0. The standard InChI is InChI=1S/C12H16N2O2/c1-12(2,3)13-7-10-6-11(16-14-10)9-4-5-15-8-9/h4-6,8,13H,7H2,1-3H3. The Bertz CT molecular complexity index is 438. The van der Waals surface area contributed by atoms with Gasteiger partial charge in [-0.25, -0.2) is 0 Å². The molecule has 2 heterocycles. The Balaban J connectivity index is 2.03. The van der Waals surface area contributed by atoms with Crippen LogP contribution in [-0.4, -0.2) is 10.7 Å². The Morgan fingerprint density at radius 1 is 1.38 bits per heavy atom. The smallest absolute Gasteiger partial charge is 0.170 e. The minimum atomic E-state index is 0.0781. The van der Waals surface area contributed by atoms with E-state index in [4.69, 9.17) is 8.94 Å². The molecule has 0 aromatic carbocycles. The first-order valence-corrected chi connectivity index (χ1v) is 5.28. The van der Waals surface area contributed by atoms with Crippen molar-refractivity contribution < 1.29 is 8.94 Å². The summed E-state index contributed by atoms with van der Waals surface area (Å²) in [6.45, 7) is 7.04. The van der Waals surface area contributed by atoms with Crippen LogP contribution in [-0.2, 0) is 6.54 Å². The van der Waals surface area contributed by atoms with E-state index in [1.165, 1.54) is 0 Å². The first-order chi connectivity index (χ1) is 7.54. The molecule has 2 rings (SSSR count). The molecule has 0 fully saturated rings. The Labute approximate surface area is 94.6 Å². The highest BCUT2D eigenvalue weighted by molar-refractivity contribution is 5.55. The minimum absolute atomic E-state index is 0.0781. The van der Waals surface area contributed by atoms with Crippen LogP contribution in [0.1, 0.15) is 26.5 Å². The van der Waals surface area contributed by atoms with Gasteiger partial charge in [0.1, 0.15) is 6.26 Å². The van der Waals surface area contributed by atoms with Gasteiger partial charge in [-0.3, -0.25) is 0 Å². The van der Waals surface area contributed by atoms with E-state index in [1.54, 1.807) is 12.5 Å². The highest BCUT2D eigenvalue weighted by Crippen LogP contribution is 2.20. The SMILES string of the molecule is CC(C)(C)NCc1cc(-c2ccoc2)on1. The van der Waals surface area contributed by atoms with Gasteiger partial charge < -0.3 is 14.3 Å². The summed E-state index contributed by atoms with van der Waals surface area (Å²) >= 11 is 0. The molecule has 1 N–H and O–H groups in total. The number of nitrogens with zero attached hydrogens (tertiary/aromatic N) is 1. The fourth-order valence-corrected chi connectivity index (χ4v) is 1.29. The number of furan rings is 1. The van der Waals surface area contributed by atoms with Crippen molar-refractivity contribution in [3.8, 4) is 11.3 Å². The van der Waals surface area contributed by atoms with Crippen LogP contribution in [0.25, 0.3) is 11.3 Å². The fraction of sp³-hybridized carbons (Fsp3) is 0.417. The van der Waals surface area contributed by atoms with Gasteiger partial charge in [0.2, 0.25) is 0 Å². The molecule has 0 unspecified atom stereocenters. The summed E-state index contributed by atoms with van der Waals surface area (Å²) in [6, 6.07) is 3.77. The van der Waals surface area contributed by atoms with E-state index in [0.717, 1.165) is 17.0 Å². The van der Waals surface area contributed by atoms with Crippen LogP contribution in [0.5, 0.6) is 0 Å². The van der Waals surface area contributed by atoms with Gasteiger partial charge in [-0.15, -0.1) is 0 Å². The molecular formula is C12H16N2O2. The Kier molecular flexibility index (Phi) is 2.83. The van der Waals surface area contributed by atoms with E-state index >= 15 is 0 Å². The highest BCUT2D eigenvalue weighted by atomic mass is 16.5. The molecule has 0 aliphatic rings. The van der Waals surface area contributed by atoms with Gasteiger partial charge in [0, 0.05) is 18.2 Å². The molecule has 0 amide bonds. The summed E-state index contributed by atoms with van der Waals surface area (Å²) in [7, 11) is 0.